The van der Waals surface area contributed by atoms with Crippen LogP contribution in [0.25, 0.3) is 0 Å². The molecule has 0 spiro atoms. The Hall–Kier alpha value is -1.45. The van der Waals surface area contributed by atoms with Crippen molar-refractivity contribution in [2.24, 2.45) is 5.92 Å². The van der Waals surface area contributed by atoms with Crippen molar-refractivity contribution in [1.82, 2.24) is 0 Å². The van der Waals surface area contributed by atoms with Gasteiger partial charge in [0.15, 0.2) is 5.92 Å². The summed E-state index contributed by atoms with van der Waals surface area (Å²) in [6, 6.07) is 2.35. The third-order valence-corrected chi connectivity index (χ3v) is 3.18. The van der Waals surface area contributed by atoms with Gasteiger partial charge in [-0.2, -0.15) is 26.3 Å². The monoisotopic (exact) mass is 379 g/mol. The average molecular weight is 380 g/mol. The molecule has 0 fully saturated rings. The Morgan fingerprint density at radius 3 is 2.24 bits per heavy atom. The molecule has 0 aliphatic carbocycles. The van der Waals surface area contributed by atoms with E-state index in [4.69, 9.17) is 5.11 Å². The van der Waals surface area contributed by atoms with E-state index in [0.29, 0.717) is 6.07 Å². The Kier molecular flexibility index (Phi) is 5.13. The molecule has 118 valence electrons. The number of hydrogen-bond acceptors (Lipinski definition) is 2. The van der Waals surface area contributed by atoms with Crippen LogP contribution in [0.4, 0.5) is 32.0 Å². The third kappa shape index (κ3) is 4.80. The van der Waals surface area contributed by atoms with Gasteiger partial charge in [0.05, 0.1) is 5.56 Å². The molecule has 0 saturated heterocycles. The number of benzene rings is 1. The van der Waals surface area contributed by atoms with Crippen LogP contribution >= 0.6 is 15.9 Å². The van der Waals surface area contributed by atoms with Crippen LogP contribution in [-0.4, -0.2) is 23.8 Å². The number of carbonyl (C=O) groups is 1. The molecule has 1 rings (SSSR count). The van der Waals surface area contributed by atoms with Crippen LogP contribution in [-0.2, 0) is 11.0 Å². The third-order valence-electron chi connectivity index (χ3n) is 2.48. The van der Waals surface area contributed by atoms with E-state index in [2.05, 4.69) is 21.2 Å². The summed E-state index contributed by atoms with van der Waals surface area (Å²) in [7, 11) is 0. The Morgan fingerprint density at radius 2 is 1.81 bits per heavy atom. The van der Waals surface area contributed by atoms with Crippen LogP contribution in [0.5, 0.6) is 0 Å². The zero-order chi connectivity index (χ0) is 16.4. The first kappa shape index (κ1) is 17.6. The van der Waals surface area contributed by atoms with E-state index in [-0.39, 0.29) is 10.2 Å². The predicted molar refractivity (Wildman–Crippen MR) is 64.8 cm³/mol. The van der Waals surface area contributed by atoms with Gasteiger partial charge in [-0.05, 0) is 34.1 Å². The van der Waals surface area contributed by atoms with E-state index in [9.17, 15) is 31.1 Å². The molecule has 3 nitrogen and oxygen atoms in total. The molecular weight excluding hydrogens is 372 g/mol. The van der Waals surface area contributed by atoms with Gasteiger partial charge in [0.25, 0.3) is 0 Å². The van der Waals surface area contributed by atoms with Crippen molar-refractivity contribution >= 4 is 27.6 Å². The van der Waals surface area contributed by atoms with E-state index in [1.54, 1.807) is 0 Å². The van der Waals surface area contributed by atoms with Gasteiger partial charge >= 0.3 is 18.3 Å². The van der Waals surface area contributed by atoms with Crippen molar-refractivity contribution in [3.05, 3.63) is 28.2 Å². The van der Waals surface area contributed by atoms with Gasteiger partial charge in [-0.15, -0.1) is 0 Å². The second-order valence-electron chi connectivity index (χ2n) is 4.01. The smallest absolute Gasteiger partial charge is 0.416 e. The van der Waals surface area contributed by atoms with Crippen molar-refractivity contribution in [2.75, 3.05) is 11.9 Å². The minimum Gasteiger partial charge on any atom is -0.481 e. The van der Waals surface area contributed by atoms with E-state index in [1.807, 2.05) is 0 Å². The molecule has 0 bridgehead atoms. The zero-order valence-electron chi connectivity index (χ0n) is 10.0. The molecule has 10 heteroatoms. The number of carboxylic acid groups (broad SMARTS) is 1. The molecule has 0 aliphatic rings. The van der Waals surface area contributed by atoms with Gasteiger partial charge in [-0.1, -0.05) is 0 Å². The van der Waals surface area contributed by atoms with Crippen LogP contribution in [0.3, 0.4) is 0 Å². The highest BCUT2D eigenvalue weighted by Crippen LogP contribution is 2.34. The molecule has 2 N–H and O–H groups in total. The lowest BCUT2D eigenvalue weighted by Gasteiger charge is -2.18. The molecule has 1 aromatic carbocycles. The minimum absolute atomic E-state index is 0.0850. The fourth-order valence-corrected chi connectivity index (χ4v) is 1.78. The lowest BCUT2D eigenvalue weighted by molar-refractivity contribution is -0.190. The van der Waals surface area contributed by atoms with E-state index in [1.165, 1.54) is 0 Å². The van der Waals surface area contributed by atoms with E-state index >= 15 is 0 Å². The van der Waals surface area contributed by atoms with Gasteiger partial charge in [0, 0.05) is 16.7 Å². The quantitative estimate of drug-likeness (QED) is 0.772. The van der Waals surface area contributed by atoms with Crippen molar-refractivity contribution in [2.45, 2.75) is 12.4 Å². The van der Waals surface area contributed by atoms with Gasteiger partial charge in [-0.3, -0.25) is 4.79 Å². The summed E-state index contributed by atoms with van der Waals surface area (Å²) in [5.74, 6) is -4.84. The maximum Gasteiger partial charge on any atom is 0.416 e. The summed E-state index contributed by atoms with van der Waals surface area (Å²) in [6.07, 6.45) is -9.67. The second kappa shape index (κ2) is 6.12. The van der Waals surface area contributed by atoms with Crippen molar-refractivity contribution in [3.8, 4) is 0 Å². The largest absolute Gasteiger partial charge is 0.481 e. The maximum atomic E-state index is 12.5. The van der Waals surface area contributed by atoms with Gasteiger partial charge < -0.3 is 10.4 Å². The Morgan fingerprint density at radius 1 is 1.24 bits per heavy atom. The summed E-state index contributed by atoms with van der Waals surface area (Å²) in [5.41, 5.74) is -1.34. The molecular formula is C11H8BrF6NO2. The summed E-state index contributed by atoms with van der Waals surface area (Å²) >= 11 is 2.88. The van der Waals surface area contributed by atoms with Crippen LogP contribution in [0.2, 0.25) is 0 Å². The highest BCUT2D eigenvalue weighted by atomic mass is 79.9. The molecule has 1 aromatic rings. The molecule has 0 radical (unpaired) electrons. The van der Waals surface area contributed by atoms with Crippen molar-refractivity contribution in [1.29, 1.82) is 0 Å². The number of nitrogens with one attached hydrogen (secondary N) is 1. The Bertz CT molecular complexity index is 528. The van der Waals surface area contributed by atoms with Crippen LogP contribution < -0.4 is 5.32 Å². The summed E-state index contributed by atoms with van der Waals surface area (Å²) in [6.45, 7) is -1.08. The highest BCUT2D eigenvalue weighted by molar-refractivity contribution is 9.10. The summed E-state index contributed by atoms with van der Waals surface area (Å²) in [5, 5.41) is 10.6. The predicted octanol–water partition coefficient (Wildman–Crippen LogP) is 4.14. The fraction of sp³-hybridized carbons (Fsp3) is 0.364. The molecule has 0 aliphatic heterocycles. The number of hydrogen-bond donors (Lipinski definition) is 2. The lowest BCUT2D eigenvalue weighted by atomic mass is 10.1. The van der Waals surface area contributed by atoms with Gasteiger partial charge in [-0.25, -0.2) is 0 Å². The maximum absolute atomic E-state index is 12.5. The topological polar surface area (TPSA) is 49.3 Å². The molecule has 1 unspecified atom stereocenters. The number of aliphatic carboxylic acids is 1. The summed E-state index contributed by atoms with van der Waals surface area (Å²) in [4.78, 5) is 10.5. The molecule has 1 atom stereocenters. The second-order valence-corrected chi connectivity index (χ2v) is 4.86. The number of carboxylic acids is 1. The van der Waals surface area contributed by atoms with Crippen molar-refractivity contribution in [3.63, 3.8) is 0 Å². The van der Waals surface area contributed by atoms with Gasteiger partial charge in [0.1, 0.15) is 0 Å². The van der Waals surface area contributed by atoms with Crippen LogP contribution in [0, 0.1) is 5.92 Å². The fourth-order valence-electron chi connectivity index (χ4n) is 1.39. The van der Waals surface area contributed by atoms with Crippen LogP contribution in [0.15, 0.2) is 22.7 Å². The SMILES string of the molecule is O=C(O)C(CNc1cc(C(F)(F)F)ccc1Br)C(F)(F)F. The first-order valence-electron chi connectivity index (χ1n) is 5.33. The first-order valence-corrected chi connectivity index (χ1v) is 6.12. The minimum atomic E-state index is -5.01. The molecule has 0 amide bonds. The number of halogens is 7. The van der Waals surface area contributed by atoms with Gasteiger partial charge in [0.2, 0.25) is 0 Å². The van der Waals surface area contributed by atoms with E-state index in [0.717, 1.165) is 12.1 Å². The van der Waals surface area contributed by atoms with Crippen LogP contribution in [0.1, 0.15) is 5.56 Å². The lowest BCUT2D eigenvalue weighted by Crippen LogP contribution is -2.36. The zero-order valence-corrected chi connectivity index (χ0v) is 11.6. The summed E-state index contributed by atoms with van der Waals surface area (Å²) < 4.78 is 74.9. The first-order chi connectivity index (χ1) is 9.43. The molecule has 21 heavy (non-hydrogen) atoms. The Balaban J connectivity index is 2.95. The normalized spacial score (nSPS) is 13.9. The molecule has 0 heterocycles. The number of alkyl halides is 6. The average Bonchev–Trinajstić information content (AvgIpc) is 2.27. The molecule has 0 aromatic heterocycles. The highest BCUT2D eigenvalue weighted by Gasteiger charge is 2.45. The van der Waals surface area contributed by atoms with E-state index < -0.39 is 36.3 Å². The number of anilines is 1. The Labute approximate surface area is 123 Å². The molecule has 0 saturated carbocycles. The standard InChI is InChI=1S/C11H8BrF6NO2/c12-7-2-1-5(10(13,14)15)3-8(7)19-4-6(9(20)21)11(16,17)18/h1-3,6,19H,4H2,(H,20,21). The van der Waals surface area contributed by atoms with Crippen molar-refractivity contribution < 1.29 is 36.2 Å². The number of rotatable bonds is 4.